The largest absolute Gasteiger partial charge is 0.424 e. The fraction of sp³-hybridized carbons (Fsp3) is 0.462. The number of nitrogens with one attached hydrogen (secondary N) is 1. The lowest BCUT2D eigenvalue weighted by Crippen LogP contribution is -2.18. The van der Waals surface area contributed by atoms with Crippen molar-refractivity contribution < 1.29 is 4.42 Å². The molecule has 0 aliphatic heterocycles. The van der Waals surface area contributed by atoms with Crippen LogP contribution in [-0.4, -0.2) is 16.9 Å². The highest BCUT2D eigenvalue weighted by molar-refractivity contribution is 6.20. The monoisotopic (exact) mass is 250 g/mol. The fourth-order valence-electron chi connectivity index (χ4n) is 2.39. The van der Waals surface area contributed by atoms with Gasteiger partial charge < -0.3 is 9.73 Å². The van der Waals surface area contributed by atoms with E-state index in [4.69, 9.17) is 16.0 Å². The minimum atomic E-state index is 0.298. The summed E-state index contributed by atoms with van der Waals surface area (Å²) < 4.78 is 5.60. The molecule has 1 aliphatic carbocycles. The number of hydrogen-bond acceptors (Lipinski definition) is 3. The van der Waals surface area contributed by atoms with Crippen LogP contribution in [0.4, 0.5) is 6.01 Å². The molecule has 1 fully saturated rings. The molecule has 1 aromatic heterocycles. The molecule has 1 heterocycles. The predicted molar refractivity (Wildman–Crippen MR) is 69.5 cm³/mol. The third-order valence-electron chi connectivity index (χ3n) is 3.38. The molecule has 3 rings (SSSR count). The van der Waals surface area contributed by atoms with Gasteiger partial charge in [-0.15, -0.1) is 11.6 Å². The molecular formula is C13H15ClN2O. The molecular weight excluding hydrogens is 236 g/mol. The quantitative estimate of drug-likeness (QED) is 0.845. The summed E-state index contributed by atoms with van der Waals surface area (Å²) in [7, 11) is 0. The molecule has 2 atom stereocenters. The van der Waals surface area contributed by atoms with Crippen molar-refractivity contribution in [1.29, 1.82) is 0 Å². The number of nitrogens with zero attached hydrogens (tertiary/aromatic N) is 1. The van der Waals surface area contributed by atoms with Crippen molar-refractivity contribution in [2.75, 3.05) is 11.9 Å². The van der Waals surface area contributed by atoms with Crippen molar-refractivity contribution in [2.24, 2.45) is 5.92 Å². The predicted octanol–water partition coefficient (Wildman–Crippen LogP) is 3.65. The SMILES string of the molecule is ClC1CCCC1CNc1nc2ccccc2o1. The number of anilines is 1. The number of aromatic nitrogens is 1. The molecule has 2 unspecified atom stereocenters. The number of alkyl halides is 1. The van der Waals surface area contributed by atoms with Gasteiger partial charge in [-0.1, -0.05) is 18.6 Å². The first-order valence-corrected chi connectivity index (χ1v) is 6.50. The Kier molecular flexibility index (Phi) is 2.93. The molecule has 0 radical (unpaired) electrons. The first-order valence-electron chi connectivity index (χ1n) is 6.06. The number of halogens is 1. The van der Waals surface area contributed by atoms with E-state index < -0.39 is 0 Å². The minimum absolute atomic E-state index is 0.298. The van der Waals surface area contributed by atoms with Crippen LogP contribution in [-0.2, 0) is 0 Å². The third kappa shape index (κ3) is 2.25. The summed E-state index contributed by atoms with van der Waals surface area (Å²) in [4.78, 5) is 4.38. The number of oxazole rings is 1. The lowest BCUT2D eigenvalue weighted by molar-refractivity contribution is 0.558. The Bertz CT molecular complexity index is 478. The summed E-state index contributed by atoms with van der Waals surface area (Å²) in [5.74, 6) is 0.534. The zero-order chi connectivity index (χ0) is 11.7. The Hall–Kier alpha value is -1.22. The molecule has 1 aromatic carbocycles. The van der Waals surface area contributed by atoms with E-state index in [0.717, 1.165) is 24.1 Å². The van der Waals surface area contributed by atoms with E-state index in [1.165, 1.54) is 12.8 Å². The standard InChI is InChI=1S/C13H15ClN2O/c14-10-5-3-4-9(10)8-15-13-16-11-6-1-2-7-12(11)17-13/h1-2,6-7,9-10H,3-5,8H2,(H,15,16). The van der Waals surface area contributed by atoms with Crippen molar-refractivity contribution >= 4 is 28.7 Å². The van der Waals surface area contributed by atoms with Crippen molar-refractivity contribution in [3.8, 4) is 0 Å². The molecule has 3 nitrogen and oxygen atoms in total. The normalized spacial score (nSPS) is 24.3. The molecule has 1 N–H and O–H groups in total. The van der Waals surface area contributed by atoms with Gasteiger partial charge in [0.25, 0.3) is 6.01 Å². The summed E-state index contributed by atoms with van der Waals surface area (Å²) >= 11 is 6.23. The summed E-state index contributed by atoms with van der Waals surface area (Å²) in [5, 5.41) is 3.54. The van der Waals surface area contributed by atoms with Gasteiger partial charge in [-0.05, 0) is 30.9 Å². The van der Waals surface area contributed by atoms with Crippen LogP contribution in [0, 0.1) is 5.92 Å². The first-order chi connectivity index (χ1) is 8.33. The smallest absolute Gasteiger partial charge is 0.295 e. The van der Waals surface area contributed by atoms with Crippen molar-refractivity contribution in [3.05, 3.63) is 24.3 Å². The molecule has 0 spiro atoms. The van der Waals surface area contributed by atoms with Gasteiger partial charge >= 0.3 is 0 Å². The van der Waals surface area contributed by atoms with Gasteiger partial charge in [0.05, 0.1) is 0 Å². The van der Waals surface area contributed by atoms with E-state index in [0.29, 0.717) is 17.3 Å². The number of benzene rings is 1. The topological polar surface area (TPSA) is 38.1 Å². The molecule has 1 saturated carbocycles. The van der Waals surface area contributed by atoms with Gasteiger partial charge in [0.1, 0.15) is 5.52 Å². The van der Waals surface area contributed by atoms with E-state index in [1.807, 2.05) is 24.3 Å². The highest BCUT2D eigenvalue weighted by Crippen LogP contribution is 2.30. The number of rotatable bonds is 3. The van der Waals surface area contributed by atoms with Gasteiger partial charge in [-0.25, -0.2) is 0 Å². The summed E-state index contributed by atoms with van der Waals surface area (Å²) in [5.41, 5.74) is 1.72. The Balaban J connectivity index is 1.68. The molecule has 4 heteroatoms. The van der Waals surface area contributed by atoms with Crippen molar-refractivity contribution in [3.63, 3.8) is 0 Å². The Morgan fingerprint density at radius 3 is 3.00 bits per heavy atom. The van der Waals surface area contributed by atoms with Crippen LogP contribution in [0.2, 0.25) is 0 Å². The zero-order valence-electron chi connectivity index (χ0n) is 9.53. The van der Waals surface area contributed by atoms with Gasteiger partial charge in [0.15, 0.2) is 5.58 Å². The van der Waals surface area contributed by atoms with E-state index in [9.17, 15) is 0 Å². The third-order valence-corrected chi connectivity index (χ3v) is 3.95. The van der Waals surface area contributed by atoms with Crippen molar-refractivity contribution in [2.45, 2.75) is 24.6 Å². The molecule has 1 aliphatic rings. The number of fused-ring (bicyclic) bond motifs is 1. The molecule has 0 bridgehead atoms. The number of hydrogen-bond donors (Lipinski definition) is 1. The Morgan fingerprint density at radius 2 is 2.24 bits per heavy atom. The van der Waals surface area contributed by atoms with Crippen molar-refractivity contribution in [1.82, 2.24) is 4.98 Å². The molecule has 2 aromatic rings. The van der Waals surface area contributed by atoms with Gasteiger partial charge in [-0.2, -0.15) is 4.98 Å². The maximum absolute atomic E-state index is 6.23. The summed E-state index contributed by atoms with van der Waals surface area (Å²) in [6.45, 7) is 0.848. The van der Waals surface area contributed by atoms with Crippen LogP contribution in [0.1, 0.15) is 19.3 Å². The van der Waals surface area contributed by atoms with Crippen LogP contribution >= 0.6 is 11.6 Å². The van der Waals surface area contributed by atoms with Crippen LogP contribution in [0.5, 0.6) is 0 Å². The number of para-hydroxylation sites is 2. The molecule has 17 heavy (non-hydrogen) atoms. The van der Waals surface area contributed by atoms with Gasteiger partial charge in [0, 0.05) is 11.9 Å². The van der Waals surface area contributed by atoms with Gasteiger partial charge in [0.2, 0.25) is 0 Å². The Morgan fingerprint density at radius 1 is 1.35 bits per heavy atom. The second-order valence-electron chi connectivity index (χ2n) is 4.57. The van der Waals surface area contributed by atoms with Crippen LogP contribution < -0.4 is 5.32 Å². The van der Waals surface area contributed by atoms with E-state index in [-0.39, 0.29) is 0 Å². The van der Waals surface area contributed by atoms with E-state index >= 15 is 0 Å². The molecule has 0 amide bonds. The Labute approximate surface area is 105 Å². The lowest BCUT2D eigenvalue weighted by Gasteiger charge is -2.12. The second-order valence-corrected chi connectivity index (χ2v) is 5.14. The van der Waals surface area contributed by atoms with Gasteiger partial charge in [-0.3, -0.25) is 0 Å². The summed E-state index contributed by atoms with van der Waals surface area (Å²) in [6.07, 6.45) is 3.55. The van der Waals surface area contributed by atoms with E-state index in [2.05, 4.69) is 10.3 Å². The van der Waals surface area contributed by atoms with Crippen LogP contribution in [0.3, 0.4) is 0 Å². The second kappa shape index (κ2) is 4.57. The maximum Gasteiger partial charge on any atom is 0.295 e. The fourth-order valence-corrected chi connectivity index (χ4v) is 2.76. The minimum Gasteiger partial charge on any atom is -0.424 e. The highest BCUT2D eigenvalue weighted by atomic mass is 35.5. The zero-order valence-corrected chi connectivity index (χ0v) is 10.3. The van der Waals surface area contributed by atoms with Crippen LogP contribution in [0.25, 0.3) is 11.1 Å². The summed E-state index contributed by atoms with van der Waals surface area (Å²) in [6, 6.07) is 8.38. The highest BCUT2D eigenvalue weighted by Gasteiger charge is 2.25. The molecule has 0 saturated heterocycles. The average Bonchev–Trinajstić information content (AvgIpc) is 2.92. The maximum atomic E-state index is 6.23. The van der Waals surface area contributed by atoms with E-state index in [1.54, 1.807) is 0 Å². The lowest BCUT2D eigenvalue weighted by atomic mass is 10.1. The van der Waals surface area contributed by atoms with Crippen LogP contribution in [0.15, 0.2) is 28.7 Å². The first kappa shape index (κ1) is 10.9. The average molecular weight is 251 g/mol. The molecule has 90 valence electrons.